The molecule has 31 heavy (non-hydrogen) atoms. The molecular weight excluding hydrogens is 439 g/mol. The van der Waals surface area contributed by atoms with Crippen molar-refractivity contribution >= 4 is 15.7 Å². The molecule has 0 amide bonds. The van der Waals surface area contributed by atoms with Gasteiger partial charge >= 0.3 is 0 Å². The van der Waals surface area contributed by atoms with Gasteiger partial charge in [-0.15, -0.1) is 0 Å². The number of anilines is 1. The molecule has 1 aliphatic carbocycles. The Balaban J connectivity index is 1.69. The van der Waals surface area contributed by atoms with Gasteiger partial charge in [-0.05, 0) is 49.8 Å². The number of hydrogen-bond donors (Lipinski definition) is 0. The van der Waals surface area contributed by atoms with Crippen LogP contribution in [0.4, 0.5) is 27.6 Å². The van der Waals surface area contributed by atoms with Gasteiger partial charge < -0.3 is 4.90 Å². The van der Waals surface area contributed by atoms with Gasteiger partial charge in [-0.1, -0.05) is 12.1 Å². The summed E-state index contributed by atoms with van der Waals surface area (Å²) in [7, 11) is -4.97. The summed E-state index contributed by atoms with van der Waals surface area (Å²) in [6.07, 6.45) is 4.13. The molecular formula is C21H21F5N2O2S. The molecule has 0 bridgehead atoms. The second-order valence-corrected chi connectivity index (χ2v) is 9.73. The number of benzene rings is 2. The van der Waals surface area contributed by atoms with E-state index in [2.05, 4.69) is 4.90 Å². The smallest absolute Gasteiger partial charge is 0.249 e. The fraction of sp³-hybridized carbons (Fsp3) is 0.429. The van der Waals surface area contributed by atoms with Crippen LogP contribution < -0.4 is 4.90 Å². The first kappa shape index (κ1) is 22.0. The molecule has 1 aliphatic heterocycles. The van der Waals surface area contributed by atoms with Crippen molar-refractivity contribution in [1.29, 1.82) is 0 Å². The van der Waals surface area contributed by atoms with Crippen LogP contribution in [0.5, 0.6) is 0 Å². The van der Waals surface area contributed by atoms with E-state index in [1.165, 1.54) is 0 Å². The average Bonchev–Trinajstić information content (AvgIpc) is 3.60. The summed E-state index contributed by atoms with van der Waals surface area (Å²) in [5.41, 5.74) is 1.48. The highest BCUT2D eigenvalue weighted by Gasteiger charge is 2.43. The first-order valence-electron chi connectivity index (χ1n) is 10.1. The third kappa shape index (κ3) is 4.15. The van der Waals surface area contributed by atoms with Gasteiger partial charge in [-0.2, -0.15) is 4.31 Å². The first-order valence-corrected chi connectivity index (χ1v) is 11.5. The molecule has 2 aliphatic rings. The molecule has 1 saturated heterocycles. The Morgan fingerprint density at radius 2 is 1.45 bits per heavy atom. The molecule has 168 valence electrons. The summed E-state index contributed by atoms with van der Waals surface area (Å²) < 4.78 is 96.1. The maximum absolute atomic E-state index is 14.3. The Morgan fingerprint density at radius 1 is 0.871 bits per heavy atom. The van der Waals surface area contributed by atoms with Crippen molar-refractivity contribution in [3.8, 4) is 0 Å². The zero-order chi connectivity index (χ0) is 22.3. The summed E-state index contributed by atoms with van der Waals surface area (Å²) in [5, 5.41) is 0. The predicted octanol–water partition coefficient (Wildman–Crippen LogP) is 4.73. The Morgan fingerprint density at radius 3 is 2.03 bits per heavy atom. The molecule has 0 radical (unpaired) electrons. The molecule has 2 aromatic carbocycles. The van der Waals surface area contributed by atoms with E-state index in [0.29, 0.717) is 18.4 Å². The second-order valence-electron chi connectivity index (χ2n) is 7.90. The summed E-state index contributed by atoms with van der Waals surface area (Å²) in [6, 6.07) is 6.58. The molecule has 0 N–H and O–H groups in total. The van der Waals surface area contributed by atoms with Crippen LogP contribution in [0.25, 0.3) is 0 Å². The number of piperidine rings is 1. The number of rotatable bonds is 6. The van der Waals surface area contributed by atoms with Crippen LogP contribution >= 0.6 is 0 Å². The van der Waals surface area contributed by atoms with Crippen molar-refractivity contribution in [2.24, 2.45) is 0 Å². The lowest BCUT2D eigenvalue weighted by Crippen LogP contribution is -2.34. The van der Waals surface area contributed by atoms with Gasteiger partial charge in [0.1, 0.15) is 0 Å². The zero-order valence-corrected chi connectivity index (χ0v) is 17.4. The SMILES string of the molecule is O=S(=O)(c1c(F)c(F)c(F)c(F)c1F)N(Cc1cccc(N2CCCCC2)c1)C1CC1. The van der Waals surface area contributed by atoms with Crippen LogP contribution in [-0.4, -0.2) is 31.9 Å². The highest BCUT2D eigenvalue weighted by atomic mass is 32.2. The van der Waals surface area contributed by atoms with Crippen LogP contribution in [0, 0.1) is 29.1 Å². The van der Waals surface area contributed by atoms with E-state index < -0.39 is 50.0 Å². The lowest BCUT2D eigenvalue weighted by Gasteiger charge is -2.29. The van der Waals surface area contributed by atoms with Crippen molar-refractivity contribution < 1.29 is 30.4 Å². The third-order valence-electron chi connectivity index (χ3n) is 5.66. The molecule has 0 unspecified atom stereocenters. The number of sulfonamides is 1. The van der Waals surface area contributed by atoms with E-state index >= 15 is 0 Å². The van der Waals surface area contributed by atoms with Crippen molar-refractivity contribution in [2.45, 2.75) is 49.6 Å². The third-order valence-corrected chi connectivity index (χ3v) is 7.58. The van der Waals surface area contributed by atoms with Crippen LogP contribution in [0.2, 0.25) is 0 Å². The minimum atomic E-state index is -4.97. The molecule has 0 atom stereocenters. The fourth-order valence-corrected chi connectivity index (χ4v) is 5.67. The predicted molar refractivity (Wildman–Crippen MR) is 104 cm³/mol. The van der Waals surface area contributed by atoms with E-state index in [0.717, 1.165) is 42.3 Å². The summed E-state index contributed by atoms with van der Waals surface area (Å²) >= 11 is 0. The van der Waals surface area contributed by atoms with Crippen molar-refractivity contribution in [3.05, 3.63) is 58.9 Å². The monoisotopic (exact) mass is 460 g/mol. The largest absolute Gasteiger partial charge is 0.372 e. The Kier molecular flexibility index (Phi) is 5.95. The van der Waals surface area contributed by atoms with Crippen LogP contribution in [0.3, 0.4) is 0 Å². The quantitative estimate of drug-likeness (QED) is 0.356. The summed E-state index contributed by atoms with van der Waals surface area (Å²) in [4.78, 5) is 0.371. The topological polar surface area (TPSA) is 40.6 Å². The van der Waals surface area contributed by atoms with Gasteiger partial charge in [0.05, 0.1) is 0 Å². The van der Waals surface area contributed by atoms with E-state index in [1.807, 2.05) is 6.07 Å². The molecule has 1 saturated carbocycles. The van der Waals surface area contributed by atoms with Gasteiger partial charge in [0.15, 0.2) is 28.2 Å². The minimum Gasteiger partial charge on any atom is -0.372 e. The number of halogens is 5. The van der Waals surface area contributed by atoms with Crippen molar-refractivity contribution in [1.82, 2.24) is 4.31 Å². The van der Waals surface area contributed by atoms with Gasteiger partial charge in [-0.25, -0.2) is 30.4 Å². The molecule has 2 aromatic rings. The Labute approximate surface area is 177 Å². The molecule has 10 heteroatoms. The fourth-order valence-electron chi connectivity index (χ4n) is 3.88. The van der Waals surface area contributed by atoms with E-state index in [1.54, 1.807) is 18.2 Å². The first-order chi connectivity index (χ1) is 14.7. The maximum Gasteiger partial charge on any atom is 0.249 e. The Bertz CT molecular complexity index is 1070. The maximum atomic E-state index is 14.3. The van der Waals surface area contributed by atoms with Gasteiger partial charge in [-0.3, -0.25) is 0 Å². The Hall–Kier alpha value is -2.20. The van der Waals surface area contributed by atoms with E-state index in [4.69, 9.17) is 0 Å². The van der Waals surface area contributed by atoms with E-state index in [-0.39, 0.29) is 6.54 Å². The number of nitrogens with zero attached hydrogens (tertiary/aromatic N) is 2. The molecule has 4 rings (SSSR count). The normalized spacial score (nSPS) is 17.4. The van der Waals surface area contributed by atoms with Gasteiger partial charge in [0, 0.05) is 31.4 Å². The standard InChI is InChI=1S/C21H21F5N2O2S/c22-16-17(23)19(25)21(20(26)18(16)24)31(29,30)28(14-7-8-14)12-13-5-4-6-15(11-13)27-9-2-1-3-10-27/h4-6,11,14H,1-3,7-10,12H2. The summed E-state index contributed by atoms with van der Waals surface area (Å²) in [6.45, 7) is 1.52. The van der Waals surface area contributed by atoms with Crippen molar-refractivity contribution in [3.63, 3.8) is 0 Å². The molecule has 1 heterocycles. The lowest BCUT2D eigenvalue weighted by atomic mass is 10.1. The highest BCUT2D eigenvalue weighted by Crippen LogP contribution is 2.37. The molecule has 2 fully saturated rings. The van der Waals surface area contributed by atoms with Crippen LogP contribution in [0.15, 0.2) is 29.2 Å². The number of hydrogen-bond acceptors (Lipinski definition) is 3. The lowest BCUT2D eigenvalue weighted by molar-refractivity contribution is 0.346. The van der Waals surface area contributed by atoms with Gasteiger partial charge in [0.2, 0.25) is 15.8 Å². The summed E-state index contributed by atoms with van der Waals surface area (Å²) in [5.74, 6) is -11.6. The van der Waals surface area contributed by atoms with Crippen LogP contribution in [0.1, 0.15) is 37.7 Å². The van der Waals surface area contributed by atoms with Gasteiger partial charge in [0.25, 0.3) is 0 Å². The zero-order valence-electron chi connectivity index (χ0n) is 16.6. The average molecular weight is 460 g/mol. The minimum absolute atomic E-state index is 0.228. The molecule has 4 nitrogen and oxygen atoms in total. The van der Waals surface area contributed by atoms with E-state index in [9.17, 15) is 30.4 Å². The molecule has 0 aromatic heterocycles. The molecule has 0 spiro atoms. The van der Waals surface area contributed by atoms with Crippen LogP contribution in [-0.2, 0) is 16.6 Å². The second kappa shape index (κ2) is 8.38. The highest BCUT2D eigenvalue weighted by molar-refractivity contribution is 7.89. The van der Waals surface area contributed by atoms with Crippen molar-refractivity contribution in [2.75, 3.05) is 18.0 Å².